The van der Waals surface area contributed by atoms with E-state index >= 15 is 0 Å². The average molecular weight is 240 g/mol. The molecule has 0 spiro atoms. The number of hydrogen-bond donors (Lipinski definition) is 1. The third kappa shape index (κ3) is 1.50. The van der Waals surface area contributed by atoms with Crippen molar-refractivity contribution >= 4 is 23.4 Å². The van der Waals surface area contributed by atoms with Crippen molar-refractivity contribution in [2.45, 2.75) is 18.5 Å². The van der Waals surface area contributed by atoms with Crippen molar-refractivity contribution in [3.63, 3.8) is 0 Å². The summed E-state index contributed by atoms with van der Waals surface area (Å²) in [6, 6.07) is 6.50. The number of imide groups is 1. The van der Waals surface area contributed by atoms with Gasteiger partial charge in [-0.25, -0.2) is 0 Å². The van der Waals surface area contributed by atoms with Crippen LogP contribution in [-0.4, -0.2) is 33.4 Å². The Kier molecular flexibility index (Phi) is 2.69. The van der Waals surface area contributed by atoms with Crippen LogP contribution in [0.1, 0.15) is 27.6 Å². The summed E-state index contributed by atoms with van der Waals surface area (Å²) in [4.78, 5) is 24.6. The van der Waals surface area contributed by atoms with E-state index in [1.54, 1.807) is 24.3 Å². The molecule has 1 aromatic rings. The quantitative estimate of drug-likeness (QED) is 0.480. The molecule has 16 heavy (non-hydrogen) atoms. The van der Waals surface area contributed by atoms with Gasteiger partial charge in [-0.05, 0) is 19.1 Å². The molecular formula is C11H10ClNO3. The van der Waals surface area contributed by atoms with Crippen LogP contribution in [0.5, 0.6) is 0 Å². The molecule has 0 fully saturated rings. The first-order chi connectivity index (χ1) is 7.54. The van der Waals surface area contributed by atoms with Gasteiger partial charge in [-0.3, -0.25) is 14.5 Å². The Morgan fingerprint density at radius 1 is 1.19 bits per heavy atom. The minimum absolute atomic E-state index is 0.332. The number of rotatable bonds is 2. The second-order valence-electron chi connectivity index (χ2n) is 3.64. The summed E-state index contributed by atoms with van der Waals surface area (Å²) in [6.07, 6.45) is -0.969. The van der Waals surface area contributed by atoms with Crippen LogP contribution < -0.4 is 0 Å². The van der Waals surface area contributed by atoms with E-state index in [2.05, 4.69) is 0 Å². The van der Waals surface area contributed by atoms with E-state index in [1.807, 2.05) is 0 Å². The molecule has 0 radical (unpaired) electrons. The van der Waals surface area contributed by atoms with Gasteiger partial charge in [0.2, 0.25) is 0 Å². The molecule has 2 amide bonds. The Bertz CT molecular complexity index is 423. The van der Waals surface area contributed by atoms with Gasteiger partial charge in [0.05, 0.1) is 17.2 Å². The van der Waals surface area contributed by atoms with Crippen LogP contribution in [0.2, 0.25) is 0 Å². The molecule has 1 heterocycles. The Morgan fingerprint density at radius 3 is 2.00 bits per heavy atom. The maximum Gasteiger partial charge on any atom is 0.262 e. The predicted molar refractivity (Wildman–Crippen MR) is 58.3 cm³/mol. The van der Waals surface area contributed by atoms with Gasteiger partial charge >= 0.3 is 0 Å². The molecule has 4 nitrogen and oxygen atoms in total. The standard InChI is InChI=1S/C11H10ClNO3/c1-6(14)9(12)13-10(15)7-4-2-3-5-8(7)11(13)16/h2-6,9,14H,1H3. The molecule has 5 heteroatoms. The van der Waals surface area contributed by atoms with E-state index < -0.39 is 23.4 Å². The van der Waals surface area contributed by atoms with Crippen LogP contribution >= 0.6 is 11.6 Å². The van der Waals surface area contributed by atoms with Gasteiger partial charge in [-0.1, -0.05) is 23.7 Å². The number of nitrogens with zero attached hydrogens (tertiary/aromatic N) is 1. The fourth-order valence-corrected chi connectivity index (χ4v) is 1.82. The van der Waals surface area contributed by atoms with Crippen molar-refractivity contribution in [3.8, 4) is 0 Å². The minimum Gasteiger partial charge on any atom is -0.390 e. The first-order valence-electron chi connectivity index (χ1n) is 4.83. The molecule has 0 aliphatic carbocycles. The molecule has 1 N–H and O–H groups in total. The molecule has 2 unspecified atom stereocenters. The number of amides is 2. The van der Waals surface area contributed by atoms with Crippen LogP contribution in [0.25, 0.3) is 0 Å². The number of fused-ring (bicyclic) bond motifs is 1. The summed E-state index contributed by atoms with van der Waals surface area (Å²) in [6.45, 7) is 1.43. The third-order valence-electron chi connectivity index (χ3n) is 2.47. The average Bonchev–Trinajstić information content (AvgIpc) is 2.52. The lowest BCUT2D eigenvalue weighted by Gasteiger charge is -2.22. The van der Waals surface area contributed by atoms with Crippen molar-refractivity contribution in [2.75, 3.05) is 0 Å². The molecule has 84 valence electrons. The number of alkyl halides is 1. The lowest BCUT2D eigenvalue weighted by molar-refractivity contribution is 0.0510. The SMILES string of the molecule is CC(O)C(Cl)N1C(=O)c2ccccc2C1=O. The zero-order chi connectivity index (χ0) is 11.9. The van der Waals surface area contributed by atoms with Crippen molar-refractivity contribution in [2.24, 2.45) is 0 Å². The van der Waals surface area contributed by atoms with E-state index in [4.69, 9.17) is 11.6 Å². The van der Waals surface area contributed by atoms with Gasteiger partial charge in [-0.2, -0.15) is 0 Å². The summed E-state index contributed by atoms with van der Waals surface area (Å²) < 4.78 is 0. The van der Waals surface area contributed by atoms with E-state index in [-0.39, 0.29) is 0 Å². The number of aliphatic hydroxyl groups excluding tert-OH is 1. The Balaban J connectivity index is 2.43. The number of carbonyl (C=O) groups excluding carboxylic acids is 2. The van der Waals surface area contributed by atoms with Crippen LogP contribution in [-0.2, 0) is 0 Å². The fraction of sp³-hybridized carbons (Fsp3) is 0.273. The van der Waals surface area contributed by atoms with E-state index in [9.17, 15) is 14.7 Å². The molecule has 0 bridgehead atoms. The van der Waals surface area contributed by atoms with Crippen molar-refractivity contribution < 1.29 is 14.7 Å². The van der Waals surface area contributed by atoms with E-state index in [1.165, 1.54) is 6.92 Å². The summed E-state index contributed by atoms with van der Waals surface area (Å²) in [5, 5.41) is 9.32. The maximum absolute atomic E-state index is 11.9. The molecule has 0 aromatic heterocycles. The third-order valence-corrected chi connectivity index (χ3v) is 3.03. The summed E-state index contributed by atoms with van der Waals surface area (Å²) in [7, 11) is 0. The lowest BCUT2D eigenvalue weighted by atomic mass is 10.1. The van der Waals surface area contributed by atoms with Crippen molar-refractivity contribution in [1.29, 1.82) is 0 Å². The predicted octanol–water partition coefficient (Wildman–Crippen LogP) is 1.23. The van der Waals surface area contributed by atoms with Crippen LogP contribution in [0.4, 0.5) is 0 Å². The monoisotopic (exact) mass is 239 g/mol. The zero-order valence-corrected chi connectivity index (χ0v) is 9.31. The Morgan fingerprint density at radius 2 is 1.62 bits per heavy atom. The molecule has 0 saturated heterocycles. The van der Waals surface area contributed by atoms with Crippen molar-refractivity contribution in [1.82, 2.24) is 4.90 Å². The van der Waals surface area contributed by atoms with Gasteiger partial charge in [0.1, 0.15) is 5.50 Å². The molecule has 1 aromatic carbocycles. The number of aliphatic hydroxyl groups is 1. The Labute approximate surface area is 97.4 Å². The second-order valence-corrected chi connectivity index (χ2v) is 4.09. The number of benzene rings is 1. The Hall–Kier alpha value is -1.39. The molecule has 2 atom stereocenters. The second kappa shape index (κ2) is 3.88. The zero-order valence-electron chi connectivity index (χ0n) is 8.55. The first kappa shape index (κ1) is 11.1. The highest BCUT2D eigenvalue weighted by Gasteiger charge is 2.40. The fourth-order valence-electron chi connectivity index (χ4n) is 1.65. The largest absolute Gasteiger partial charge is 0.390 e. The topological polar surface area (TPSA) is 57.6 Å². The summed E-state index contributed by atoms with van der Waals surface area (Å²) in [5.74, 6) is -0.914. The maximum atomic E-state index is 11.9. The minimum atomic E-state index is -1.03. The molecule has 0 saturated carbocycles. The lowest BCUT2D eigenvalue weighted by Crippen LogP contribution is -2.42. The number of carbonyl (C=O) groups is 2. The molecule has 1 aliphatic heterocycles. The van der Waals surface area contributed by atoms with Gasteiger partial charge in [0, 0.05) is 0 Å². The molecule has 1 aliphatic rings. The normalized spacial score (nSPS) is 18.6. The van der Waals surface area contributed by atoms with Gasteiger partial charge in [0.15, 0.2) is 0 Å². The number of hydrogen-bond acceptors (Lipinski definition) is 3. The highest BCUT2D eigenvalue weighted by Crippen LogP contribution is 2.26. The van der Waals surface area contributed by atoms with Crippen LogP contribution in [0.15, 0.2) is 24.3 Å². The van der Waals surface area contributed by atoms with E-state index in [0.29, 0.717) is 11.1 Å². The molecule has 2 rings (SSSR count). The van der Waals surface area contributed by atoms with E-state index in [0.717, 1.165) is 4.90 Å². The highest BCUT2D eigenvalue weighted by molar-refractivity contribution is 6.29. The number of halogens is 1. The smallest absolute Gasteiger partial charge is 0.262 e. The van der Waals surface area contributed by atoms with Crippen LogP contribution in [0.3, 0.4) is 0 Å². The van der Waals surface area contributed by atoms with Gasteiger partial charge < -0.3 is 5.11 Å². The van der Waals surface area contributed by atoms with Gasteiger partial charge in [0.25, 0.3) is 11.8 Å². The first-order valence-corrected chi connectivity index (χ1v) is 5.26. The summed E-state index contributed by atoms with van der Waals surface area (Å²) >= 11 is 5.84. The summed E-state index contributed by atoms with van der Waals surface area (Å²) in [5.41, 5.74) is -0.370. The highest BCUT2D eigenvalue weighted by atomic mass is 35.5. The van der Waals surface area contributed by atoms with Crippen LogP contribution in [0, 0.1) is 0 Å². The van der Waals surface area contributed by atoms with Crippen molar-refractivity contribution in [3.05, 3.63) is 35.4 Å². The van der Waals surface area contributed by atoms with Gasteiger partial charge in [-0.15, -0.1) is 0 Å². The molecular weight excluding hydrogens is 230 g/mol.